The first kappa shape index (κ1) is 15.8. The van der Waals surface area contributed by atoms with Gasteiger partial charge in [-0.1, -0.05) is 24.3 Å². The molecule has 1 aliphatic carbocycles. The van der Waals surface area contributed by atoms with E-state index in [9.17, 15) is 4.79 Å². The van der Waals surface area contributed by atoms with Crippen LogP contribution in [0.5, 0.6) is 0 Å². The number of imidazole rings is 1. The number of nitrogens with zero attached hydrogens (tertiary/aromatic N) is 3. The van der Waals surface area contributed by atoms with E-state index in [1.165, 1.54) is 18.5 Å². The molecule has 128 valence electrons. The van der Waals surface area contributed by atoms with Crippen LogP contribution in [0.1, 0.15) is 34.8 Å². The number of aryl methyl sites for hydroxylation is 1. The molecule has 25 heavy (non-hydrogen) atoms. The number of carbonyl (C=O) groups is 1. The van der Waals surface area contributed by atoms with E-state index in [1.807, 2.05) is 36.5 Å². The van der Waals surface area contributed by atoms with Gasteiger partial charge in [-0.3, -0.25) is 4.79 Å². The van der Waals surface area contributed by atoms with E-state index in [2.05, 4.69) is 26.8 Å². The number of aromatic nitrogens is 3. The molecule has 3 aromatic rings. The Morgan fingerprint density at radius 3 is 2.92 bits per heavy atom. The van der Waals surface area contributed by atoms with Crippen molar-refractivity contribution in [2.75, 3.05) is 6.54 Å². The van der Waals surface area contributed by atoms with Crippen LogP contribution in [-0.2, 0) is 13.0 Å². The van der Waals surface area contributed by atoms with Crippen molar-refractivity contribution in [3.8, 4) is 0 Å². The van der Waals surface area contributed by atoms with Gasteiger partial charge in [0, 0.05) is 36.8 Å². The molecule has 1 aliphatic rings. The van der Waals surface area contributed by atoms with Gasteiger partial charge in [0.15, 0.2) is 0 Å². The molecule has 0 saturated heterocycles. The van der Waals surface area contributed by atoms with Gasteiger partial charge in [-0.25, -0.2) is 9.97 Å². The largest absolute Gasteiger partial charge is 0.350 e. The summed E-state index contributed by atoms with van der Waals surface area (Å²) in [5, 5.41) is 4.00. The second-order valence-corrected chi connectivity index (χ2v) is 6.76. The summed E-state index contributed by atoms with van der Waals surface area (Å²) >= 11 is 0. The van der Waals surface area contributed by atoms with Gasteiger partial charge in [0.1, 0.15) is 11.5 Å². The van der Waals surface area contributed by atoms with Crippen molar-refractivity contribution in [1.82, 2.24) is 19.9 Å². The summed E-state index contributed by atoms with van der Waals surface area (Å²) < 4.78 is 2.29. The third kappa shape index (κ3) is 3.55. The second kappa shape index (κ2) is 6.67. The van der Waals surface area contributed by atoms with Crippen LogP contribution in [0.15, 0.2) is 42.6 Å². The van der Waals surface area contributed by atoms with Crippen LogP contribution < -0.4 is 5.32 Å². The molecule has 1 N–H and O–H groups in total. The van der Waals surface area contributed by atoms with E-state index in [0.717, 1.165) is 35.6 Å². The summed E-state index contributed by atoms with van der Waals surface area (Å²) in [5.74, 6) is 1.72. The molecule has 5 heteroatoms. The fourth-order valence-electron chi connectivity index (χ4n) is 3.09. The highest BCUT2D eigenvalue weighted by Gasteiger charge is 2.23. The van der Waals surface area contributed by atoms with Crippen molar-refractivity contribution >= 4 is 16.8 Å². The van der Waals surface area contributed by atoms with Crippen molar-refractivity contribution in [2.24, 2.45) is 5.92 Å². The topological polar surface area (TPSA) is 59.8 Å². The van der Waals surface area contributed by atoms with Crippen molar-refractivity contribution in [3.63, 3.8) is 0 Å². The molecule has 1 saturated carbocycles. The minimum absolute atomic E-state index is 0.136. The first-order valence-electron chi connectivity index (χ1n) is 8.86. The van der Waals surface area contributed by atoms with Crippen LogP contribution in [0, 0.1) is 12.8 Å². The number of carbonyl (C=O) groups excluding carboxylic acids is 1. The van der Waals surface area contributed by atoms with Gasteiger partial charge in [0.25, 0.3) is 5.91 Å². The number of hydrogen-bond acceptors (Lipinski definition) is 3. The predicted octanol–water partition coefficient (Wildman–Crippen LogP) is 3.12. The molecule has 2 heterocycles. The first-order valence-corrected chi connectivity index (χ1v) is 8.86. The Labute approximate surface area is 147 Å². The molecule has 5 nitrogen and oxygen atoms in total. The van der Waals surface area contributed by atoms with E-state index in [4.69, 9.17) is 0 Å². The third-order valence-corrected chi connectivity index (χ3v) is 4.74. The van der Waals surface area contributed by atoms with Gasteiger partial charge < -0.3 is 9.88 Å². The average molecular weight is 334 g/mol. The lowest BCUT2D eigenvalue weighted by Gasteiger charge is -2.10. The molecular weight excluding hydrogens is 312 g/mol. The highest BCUT2D eigenvalue weighted by atomic mass is 16.1. The van der Waals surface area contributed by atoms with Crippen LogP contribution in [0.25, 0.3) is 10.9 Å². The van der Waals surface area contributed by atoms with Gasteiger partial charge in [-0.15, -0.1) is 0 Å². The van der Waals surface area contributed by atoms with Crippen LogP contribution >= 0.6 is 0 Å². The lowest BCUT2D eigenvalue weighted by atomic mass is 10.2. The summed E-state index contributed by atoms with van der Waals surface area (Å²) in [4.78, 5) is 21.3. The summed E-state index contributed by atoms with van der Waals surface area (Å²) in [6.45, 7) is 3.71. The first-order chi connectivity index (χ1) is 12.2. The summed E-state index contributed by atoms with van der Waals surface area (Å²) in [5.41, 5.74) is 2.49. The zero-order chi connectivity index (χ0) is 17.2. The number of hydrogen-bond donors (Lipinski definition) is 1. The van der Waals surface area contributed by atoms with E-state index in [0.29, 0.717) is 12.2 Å². The van der Waals surface area contributed by atoms with Crippen molar-refractivity contribution in [3.05, 3.63) is 59.8 Å². The lowest BCUT2D eigenvalue weighted by Crippen LogP contribution is -2.27. The highest BCUT2D eigenvalue weighted by Crippen LogP contribution is 2.31. The van der Waals surface area contributed by atoms with Gasteiger partial charge >= 0.3 is 0 Å². The second-order valence-electron chi connectivity index (χ2n) is 6.76. The van der Waals surface area contributed by atoms with Crippen LogP contribution in [0.2, 0.25) is 0 Å². The Hall–Kier alpha value is -2.69. The normalized spacial score (nSPS) is 14.0. The molecule has 0 radical (unpaired) electrons. The van der Waals surface area contributed by atoms with E-state index >= 15 is 0 Å². The molecule has 1 fully saturated rings. The molecule has 1 aromatic carbocycles. The number of pyridine rings is 1. The molecule has 1 amide bonds. The van der Waals surface area contributed by atoms with Crippen molar-refractivity contribution in [2.45, 2.75) is 32.7 Å². The molecule has 0 atom stereocenters. The molecule has 0 bridgehead atoms. The fraction of sp³-hybridized carbons (Fsp3) is 0.350. The SMILES string of the molecule is Cc1cnc(CCNC(=O)c2ccc3ccccc3n2)n1CC1CC1. The number of fused-ring (bicyclic) bond motifs is 1. The van der Waals surface area contributed by atoms with Gasteiger partial charge in [0.05, 0.1) is 5.52 Å². The zero-order valence-corrected chi connectivity index (χ0v) is 14.4. The monoisotopic (exact) mass is 334 g/mol. The van der Waals surface area contributed by atoms with E-state index in [-0.39, 0.29) is 5.91 Å². The number of para-hydroxylation sites is 1. The van der Waals surface area contributed by atoms with Crippen LogP contribution in [-0.4, -0.2) is 27.0 Å². The fourth-order valence-corrected chi connectivity index (χ4v) is 3.09. The molecule has 2 aromatic heterocycles. The van der Waals surface area contributed by atoms with Crippen molar-refractivity contribution < 1.29 is 4.79 Å². The van der Waals surface area contributed by atoms with Gasteiger partial charge in [-0.05, 0) is 37.8 Å². The minimum atomic E-state index is -0.136. The molecule has 4 rings (SSSR count). The summed E-state index contributed by atoms with van der Waals surface area (Å²) in [6.07, 6.45) is 5.30. The maximum atomic E-state index is 12.4. The Morgan fingerprint density at radius 1 is 1.24 bits per heavy atom. The highest BCUT2D eigenvalue weighted by molar-refractivity contribution is 5.94. The maximum Gasteiger partial charge on any atom is 0.269 e. The zero-order valence-electron chi connectivity index (χ0n) is 14.4. The number of benzene rings is 1. The van der Waals surface area contributed by atoms with Gasteiger partial charge in [-0.2, -0.15) is 0 Å². The quantitative estimate of drug-likeness (QED) is 0.753. The number of amides is 1. The number of nitrogens with one attached hydrogen (secondary N) is 1. The molecule has 0 spiro atoms. The molecule has 0 unspecified atom stereocenters. The van der Waals surface area contributed by atoms with Crippen LogP contribution in [0.3, 0.4) is 0 Å². The van der Waals surface area contributed by atoms with Crippen LogP contribution in [0.4, 0.5) is 0 Å². The Morgan fingerprint density at radius 2 is 2.08 bits per heavy atom. The Bertz CT molecular complexity index is 911. The Balaban J connectivity index is 1.38. The third-order valence-electron chi connectivity index (χ3n) is 4.74. The minimum Gasteiger partial charge on any atom is -0.350 e. The van der Waals surface area contributed by atoms with E-state index < -0.39 is 0 Å². The maximum absolute atomic E-state index is 12.4. The standard InChI is InChI=1S/C20H22N4O/c1-14-12-22-19(24(14)13-15-6-7-15)10-11-21-20(25)18-9-8-16-4-2-3-5-17(16)23-18/h2-5,8-9,12,15H,6-7,10-11,13H2,1H3,(H,21,25). The van der Waals surface area contributed by atoms with Crippen molar-refractivity contribution in [1.29, 1.82) is 0 Å². The van der Waals surface area contributed by atoms with E-state index in [1.54, 1.807) is 6.07 Å². The predicted molar refractivity (Wildman–Crippen MR) is 97.5 cm³/mol. The molecular formula is C20H22N4O. The average Bonchev–Trinajstić information content (AvgIpc) is 3.39. The number of rotatable bonds is 6. The summed E-state index contributed by atoms with van der Waals surface area (Å²) in [7, 11) is 0. The summed E-state index contributed by atoms with van der Waals surface area (Å²) in [6, 6.07) is 11.5. The van der Waals surface area contributed by atoms with Gasteiger partial charge in [0.2, 0.25) is 0 Å². The smallest absolute Gasteiger partial charge is 0.269 e. The lowest BCUT2D eigenvalue weighted by molar-refractivity contribution is 0.0949. The Kier molecular flexibility index (Phi) is 4.22. The molecule has 0 aliphatic heterocycles.